The Hall–Kier alpha value is -2.22. The number of nitrogens with one attached hydrogen (secondary N) is 1. The van der Waals surface area contributed by atoms with Gasteiger partial charge in [-0.25, -0.2) is 0 Å². The number of aliphatic hydroxyl groups is 1. The second-order valence-electron chi connectivity index (χ2n) is 2.68. The van der Waals surface area contributed by atoms with E-state index in [-0.39, 0.29) is 6.61 Å². The molecule has 76 valence electrons. The average Bonchev–Trinajstić information content (AvgIpc) is 2.27. The SMILES string of the molecule is N#Cc1cc(N=[N+]=[N-])ccc1NCCO. The van der Waals surface area contributed by atoms with E-state index in [4.69, 9.17) is 15.9 Å². The van der Waals surface area contributed by atoms with Gasteiger partial charge in [-0.15, -0.1) is 0 Å². The van der Waals surface area contributed by atoms with E-state index in [9.17, 15) is 0 Å². The lowest BCUT2D eigenvalue weighted by atomic mass is 10.1. The maximum atomic E-state index is 8.82. The fraction of sp³-hybridized carbons (Fsp3) is 0.222. The molecule has 0 amide bonds. The Morgan fingerprint density at radius 2 is 2.40 bits per heavy atom. The van der Waals surface area contributed by atoms with Crippen LogP contribution in [-0.2, 0) is 0 Å². The number of azide groups is 1. The van der Waals surface area contributed by atoms with Crippen LogP contribution in [0.4, 0.5) is 11.4 Å². The van der Waals surface area contributed by atoms with Crippen molar-refractivity contribution < 1.29 is 5.11 Å². The normalized spacial score (nSPS) is 8.80. The molecule has 0 aliphatic carbocycles. The van der Waals surface area contributed by atoms with Crippen LogP contribution in [0.2, 0.25) is 0 Å². The van der Waals surface area contributed by atoms with Crippen LogP contribution in [0.25, 0.3) is 10.4 Å². The molecular formula is C9H9N5O. The minimum Gasteiger partial charge on any atom is -0.395 e. The van der Waals surface area contributed by atoms with Crippen LogP contribution in [-0.4, -0.2) is 18.3 Å². The Morgan fingerprint density at radius 1 is 1.60 bits per heavy atom. The molecule has 0 fully saturated rings. The molecule has 1 rings (SSSR count). The third-order valence-corrected chi connectivity index (χ3v) is 1.71. The van der Waals surface area contributed by atoms with Crippen molar-refractivity contribution in [2.75, 3.05) is 18.5 Å². The van der Waals surface area contributed by atoms with Crippen LogP contribution in [0.3, 0.4) is 0 Å². The Bertz CT molecular complexity index is 431. The fourth-order valence-corrected chi connectivity index (χ4v) is 1.08. The van der Waals surface area contributed by atoms with Gasteiger partial charge in [0, 0.05) is 17.1 Å². The highest BCUT2D eigenvalue weighted by Crippen LogP contribution is 2.21. The van der Waals surface area contributed by atoms with Gasteiger partial charge in [0.2, 0.25) is 0 Å². The number of benzene rings is 1. The standard InChI is InChI=1S/C9H9N5O/c10-6-7-5-8(13-14-11)1-2-9(7)12-3-4-15/h1-2,5,12,15H,3-4H2. The maximum absolute atomic E-state index is 8.82. The minimum atomic E-state index is -0.0109. The van der Waals surface area contributed by atoms with Crippen LogP contribution >= 0.6 is 0 Å². The number of anilines is 1. The number of nitrogens with zero attached hydrogens (tertiary/aromatic N) is 4. The summed E-state index contributed by atoms with van der Waals surface area (Å²) in [5.74, 6) is 0. The third-order valence-electron chi connectivity index (χ3n) is 1.71. The molecule has 0 aromatic heterocycles. The molecule has 0 spiro atoms. The zero-order valence-electron chi connectivity index (χ0n) is 7.88. The van der Waals surface area contributed by atoms with E-state index in [1.54, 1.807) is 12.1 Å². The molecule has 0 saturated carbocycles. The predicted molar refractivity (Wildman–Crippen MR) is 55.5 cm³/mol. The molecule has 0 atom stereocenters. The van der Waals surface area contributed by atoms with Gasteiger partial charge in [-0.2, -0.15) is 5.26 Å². The van der Waals surface area contributed by atoms with Gasteiger partial charge >= 0.3 is 0 Å². The van der Waals surface area contributed by atoms with Crippen LogP contribution < -0.4 is 5.32 Å². The van der Waals surface area contributed by atoms with Crippen molar-refractivity contribution in [3.05, 3.63) is 34.2 Å². The summed E-state index contributed by atoms with van der Waals surface area (Å²) in [4.78, 5) is 2.63. The van der Waals surface area contributed by atoms with Gasteiger partial charge in [-0.1, -0.05) is 11.2 Å². The van der Waals surface area contributed by atoms with Gasteiger partial charge in [-0.3, -0.25) is 0 Å². The summed E-state index contributed by atoms with van der Waals surface area (Å²) in [6.45, 7) is 0.360. The largest absolute Gasteiger partial charge is 0.395 e. The molecular weight excluding hydrogens is 194 g/mol. The quantitative estimate of drug-likeness (QED) is 0.443. The number of aliphatic hydroxyl groups excluding tert-OH is 1. The van der Waals surface area contributed by atoms with E-state index in [2.05, 4.69) is 15.3 Å². The van der Waals surface area contributed by atoms with E-state index in [0.29, 0.717) is 23.5 Å². The van der Waals surface area contributed by atoms with Crippen molar-refractivity contribution in [3.63, 3.8) is 0 Å². The second kappa shape index (κ2) is 5.50. The van der Waals surface area contributed by atoms with Crippen molar-refractivity contribution in [2.45, 2.75) is 0 Å². The Morgan fingerprint density at radius 3 is 3.00 bits per heavy atom. The van der Waals surface area contributed by atoms with Gasteiger partial charge in [0.15, 0.2) is 0 Å². The first-order chi connectivity index (χ1) is 7.31. The van der Waals surface area contributed by atoms with Gasteiger partial charge in [0.1, 0.15) is 6.07 Å². The van der Waals surface area contributed by atoms with Crippen molar-refractivity contribution in [3.8, 4) is 6.07 Å². The molecule has 0 radical (unpaired) electrons. The van der Waals surface area contributed by atoms with Crippen molar-refractivity contribution in [2.24, 2.45) is 5.11 Å². The molecule has 0 aliphatic heterocycles. The lowest BCUT2D eigenvalue weighted by Gasteiger charge is -2.06. The molecule has 0 saturated heterocycles. The van der Waals surface area contributed by atoms with Gasteiger partial charge in [0.05, 0.1) is 17.9 Å². The number of hydrogen-bond acceptors (Lipinski definition) is 4. The summed E-state index contributed by atoms with van der Waals surface area (Å²) in [5.41, 5.74) is 9.61. The molecule has 0 heterocycles. The number of rotatable bonds is 4. The van der Waals surface area contributed by atoms with E-state index in [0.717, 1.165) is 0 Å². The Labute approximate surface area is 86.4 Å². The summed E-state index contributed by atoms with van der Waals surface area (Å²) in [7, 11) is 0. The molecule has 2 N–H and O–H groups in total. The molecule has 1 aromatic carbocycles. The highest BCUT2D eigenvalue weighted by atomic mass is 16.3. The molecule has 6 heteroatoms. The maximum Gasteiger partial charge on any atom is 0.101 e. The van der Waals surface area contributed by atoms with Crippen LogP contribution in [0, 0.1) is 11.3 Å². The zero-order valence-corrected chi connectivity index (χ0v) is 7.88. The first-order valence-electron chi connectivity index (χ1n) is 4.26. The molecule has 15 heavy (non-hydrogen) atoms. The highest BCUT2D eigenvalue weighted by molar-refractivity contribution is 5.62. The second-order valence-corrected chi connectivity index (χ2v) is 2.68. The molecule has 0 bridgehead atoms. The summed E-state index contributed by atoms with van der Waals surface area (Å²) in [6.07, 6.45) is 0. The number of hydrogen-bond donors (Lipinski definition) is 2. The zero-order chi connectivity index (χ0) is 11.1. The summed E-state index contributed by atoms with van der Waals surface area (Å²) in [5, 5.41) is 23.7. The monoisotopic (exact) mass is 203 g/mol. The summed E-state index contributed by atoms with van der Waals surface area (Å²) >= 11 is 0. The minimum absolute atomic E-state index is 0.0109. The first-order valence-corrected chi connectivity index (χ1v) is 4.26. The summed E-state index contributed by atoms with van der Waals surface area (Å²) < 4.78 is 0. The van der Waals surface area contributed by atoms with Gasteiger partial charge in [-0.05, 0) is 17.7 Å². The Balaban J connectivity index is 2.99. The first kappa shape index (κ1) is 10.9. The Kier molecular flexibility index (Phi) is 3.98. The van der Waals surface area contributed by atoms with E-state index >= 15 is 0 Å². The lowest BCUT2D eigenvalue weighted by molar-refractivity contribution is 0.311. The average molecular weight is 203 g/mol. The van der Waals surface area contributed by atoms with E-state index in [1.807, 2.05) is 6.07 Å². The van der Waals surface area contributed by atoms with Crippen molar-refractivity contribution in [1.82, 2.24) is 0 Å². The van der Waals surface area contributed by atoms with E-state index in [1.165, 1.54) is 6.07 Å². The fourth-order valence-electron chi connectivity index (χ4n) is 1.08. The van der Waals surface area contributed by atoms with Crippen LogP contribution in [0.5, 0.6) is 0 Å². The molecule has 1 aromatic rings. The van der Waals surface area contributed by atoms with Gasteiger partial charge in [0.25, 0.3) is 0 Å². The number of nitriles is 1. The van der Waals surface area contributed by atoms with E-state index < -0.39 is 0 Å². The van der Waals surface area contributed by atoms with Gasteiger partial charge < -0.3 is 10.4 Å². The molecule has 0 aliphatic rings. The topological polar surface area (TPSA) is 105 Å². The summed E-state index contributed by atoms with van der Waals surface area (Å²) in [6, 6.07) is 6.70. The van der Waals surface area contributed by atoms with Crippen molar-refractivity contribution >= 4 is 11.4 Å². The smallest absolute Gasteiger partial charge is 0.101 e. The lowest BCUT2D eigenvalue weighted by Crippen LogP contribution is -2.06. The van der Waals surface area contributed by atoms with Crippen LogP contribution in [0.15, 0.2) is 23.3 Å². The van der Waals surface area contributed by atoms with Crippen molar-refractivity contribution in [1.29, 1.82) is 5.26 Å². The third kappa shape index (κ3) is 2.88. The molecule has 6 nitrogen and oxygen atoms in total. The molecule has 0 unspecified atom stereocenters. The van der Waals surface area contributed by atoms with Crippen LogP contribution in [0.1, 0.15) is 5.56 Å². The predicted octanol–water partition coefficient (Wildman–Crippen LogP) is 1.90. The highest BCUT2D eigenvalue weighted by Gasteiger charge is 2.01.